The van der Waals surface area contributed by atoms with Gasteiger partial charge in [-0.25, -0.2) is 0 Å². The van der Waals surface area contributed by atoms with Crippen LogP contribution in [0.15, 0.2) is 12.2 Å². The van der Waals surface area contributed by atoms with Crippen molar-refractivity contribution in [2.24, 2.45) is 5.41 Å². The van der Waals surface area contributed by atoms with Gasteiger partial charge in [-0.15, -0.1) is 0 Å². The zero-order valence-corrected chi connectivity index (χ0v) is 10.5. The molecule has 0 saturated carbocycles. The first kappa shape index (κ1) is 13.7. The molecule has 0 aliphatic heterocycles. The van der Waals surface area contributed by atoms with Gasteiger partial charge in [0.15, 0.2) is 0 Å². The van der Waals surface area contributed by atoms with Crippen molar-refractivity contribution in [3.8, 4) is 0 Å². The third-order valence-electron chi connectivity index (χ3n) is 2.20. The van der Waals surface area contributed by atoms with Crippen LogP contribution in [0.1, 0.15) is 53.9 Å². The van der Waals surface area contributed by atoms with E-state index in [1.807, 2.05) is 0 Å². The summed E-state index contributed by atoms with van der Waals surface area (Å²) in [4.78, 5) is 0. The monoisotopic (exact) mass is 198 g/mol. The highest BCUT2D eigenvalue weighted by atomic mass is 16.5. The molecule has 0 saturated heterocycles. The van der Waals surface area contributed by atoms with Crippen LogP contribution < -0.4 is 0 Å². The Morgan fingerprint density at radius 2 is 1.86 bits per heavy atom. The van der Waals surface area contributed by atoms with Crippen LogP contribution >= 0.6 is 0 Å². The lowest BCUT2D eigenvalue weighted by molar-refractivity contribution is 0.0186. The molecule has 0 radical (unpaired) electrons. The fourth-order valence-corrected chi connectivity index (χ4v) is 1.22. The molecule has 0 aliphatic rings. The van der Waals surface area contributed by atoms with Gasteiger partial charge >= 0.3 is 0 Å². The van der Waals surface area contributed by atoms with Gasteiger partial charge in [0.25, 0.3) is 0 Å². The van der Waals surface area contributed by atoms with Crippen LogP contribution in [-0.2, 0) is 4.74 Å². The minimum Gasteiger partial charge on any atom is -0.378 e. The van der Waals surface area contributed by atoms with Gasteiger partial charge in [0.1, 0.15) is 0 Å². The Hall–Kier alpha value is -0.300. The summed E-state index contributed by atoms with van der Waals surface area (Å²) < 4.78 is 5.64. The number of hydrogen-bond donors (Lipinski definition) is 0. The molecule has 0 bridgehead atoms. The van der Waals surface area contributed by atoms with E-state index in [1.54, 1.807) is 0 Å². The lowest BCUT2D eigenvalue weighted by Gasteiger charge is -2.25. The minimum atomic E-state index is 0.308. The van der Waals surface area contributed by atoms with Crippen LogP contribution in [0, 0.1) is 5.41 Å². The summed E-state index contributed by atoms with van der Waals surface area (Å²) in [6.07, 6.45) is 8.37. The molecule has 0 rings (SSSR count). The Morgan fingerprint density at radius 3 is 2.36 bits per heavy atom. The number of hydrogen-bond acceptors (Lipinski definition) is 1. The second-order valence-electron chi connectivity index (χ2n) is 4.94. The molecule has 0 aromatic carbocycles. The Bertz CT molecular complexity index is 157. The number of rotatable bonds is 7. The van der Waals surface area contributed by atoms with E-state index in [9.17, 15) is 0 Å². The third-order valence-corrected chi connectivity index (χ3v) is 2.20. The standard InChI is InChI=1S/C13H26O/c1-6-7-8-9-10-13(4,5)11-14-12(2)3/h7-8,12H,6,9-11H2,1-5H3/b8-7+. The quantitative estimate of drug-likeness (QED) is 0.557. The predicted molar refractivity (Wildman–Crippen MR) is 63.5 cm³/mol. The van der Waals surface area contributed by atoms with Crippen LogP contribution in [-0.4, -0.2) is 12.7 Å². The van der Waals surface area contributed by atoms with Crippen LogP contribution in [0.2, 0.25) is 0 Å². The Morgan fingerprint density at radius 1 is 1.21 bits per heavy atom. The summed E-state index contributed by atoms with van der Waals surface area (Å²) in [5, 5.41) is 0. The van der Waals surface area contributed by atoms with Crippen LogP contribution in [0.3, 0.4) is 0 Å². The molecule has 0 spiro atoms. The SMILES string of the molecule is CC/C=C/CCC(C)(C)COC(C)C. The maximum atomic E-state index is 5.64. The van der Waals surface area contributed by atoms with Gasteiger partial charge in [-0.05, 0) is 38.5 Å². The molecule has 0 unspecified atom stereocenters. The molecule has 84 valence electrons. The zero-order valence-electron chi connectivity index (χ0n) is 10.5. The molecule has 0 aromatic rings. The van der Waals surface area contributed by atoms with E-state index in [1.165, 1.54) is 12.8 Å². The first-order valence-electron chi connectivity index (χ1n) is 5.74. The van der Waals surface area contributed by atoms with E-state index in [2.05, 4.69) is 46.8 Å². The van der Waals surface area contributed by atoms with Gasteiger partial charge < -0.3 is 4.74 Å². The van der Waals surface area contributed by atoms with Crippen molar-refractivity contribution >= 4 is 0 Å². The average molecular weight is 198 g/mol. The third kappa shape index (κ3) is 8.31. The fourth-order valence-electron chi connectivity index (χ4n) is 1.22. The van der Waals surface area contributed by atoms with E-state index >= 15 is 0 Å². The second-order valence-corrected chi connectivity index (χ2v) is 4.94. The molecule has 0 aromatic heterocycles. The molecular weight excluding hydrogens is 172 g/mol. The van der Waals surface area contributed by atoms with Crippen molar-refractivity contribution in [2.45, 2.75) is 60.0 Å². The lowest BCUT2D eigenvalue weighted by Crippen LogP contribution is -2.21. The highest BCUT2D eigenvalue weighted by Crippen LogP contribution is 2.23. The molecule has 1 heteroatoms. The molecular formula is C13H26O. The topological polar surface area (TPSA) is 9.23 Å². The molecule has 0 aliphatic carbocycles. The highest BCUT2D eigenvalue weighted by Gasteiger charge is 2.17. The van der Waals surface area contributed by atoms with Crippen LogP contribution in [0.5, 0.6) is 0 Å². The summed E-state index contributed by atoms with van der Waals surface area (Å²) in [5.74, 6) is 0. The van der Waals surface area contributed by atoms with Gasteiger partial charge in [0.05, 0.1) is 12.7 Å². The van der Waals surface area contributed by atoms with Gasteiger partial charge in [-0.2, -0.15) is 0 Å². The van der Waals surface area contributed by atoms with Crippen molar-refractivity contribution in [2.75, 3.05) is 6.61 Å². The first-order valence-corrected chi connectivity index (χ1v) is 5.74. The fraction of sp³-hybridized carbons (Fsp3) is 0.846. The largest absolute Gasteiger partial charge is 0.378 e. The number of allylic oxidation sites excluding steroid dienone is 2. The van der Waals surface area contributed by atoms with Gasteiger partial charge in [-0.3, -0.25) is 0 Å². The molecule has 0 N–H and O–H groups in total. The molecule has 0 fully saturated rings. The molecule has 1 nitrogen and oxygen atoms in total. The van der Waals surface area contributed by atoms with E-state index in [0.717, 1.165) is 13.0 Å². The van der Waals surface area contributed by atoms with E-state index in [-0.39, 0.29) is 0 Å². The molecule has 0 amide bonds. The molecule has 14 heavy (non-hydrogen) atoms. The van der Waals surface area contributed by atoms with Gasteiger partial charge in [0.2, 0.25) is 0 Å². The second kappa shape index (κ2) is 7.05. The van der Waals surface area contributed by atoms with Gasteiger partial charge in [-0.1, -0.05) is 32.9 Å². The van der Waals surface area contributed by atoms with Crippen molar-refractivity contribution in [3.05, 3.63) is 12.2 Å². The first-order chi connectivity index (χ1) is 6.48. The Kier molecular flexibility index (Phi) is 6.90. The summed E-state index contributed by atoms with van der Waals surface area (Å²) in [6, 6.07) is 0. The summed E-state index contributed by atoms with van der Waals surface area (Å²) in [5.41, 5.74) is 0.308. The van der Waals surface area contributed by atoms with Crippen molar-refractivity contribution in [3.63, 3.8) is 0 Å². The highest BCUT2D eigenvalue weighted by molar-refractivity contribution is 4.82. The van der Waals surface area contributed by atoms with E-state index in [0.29, 0.717) is 11.5 Å². The minimum absolute atomic E-state index is 0.308. The average Bonchev–Trinajstić information content (AvgIpc) is 2.10. The van der Waals surface area contributed by atoms with Crippen LogP contribution in [0.25, 0.3) is 0 Å². The Balaban J connectivity index is 3.66. The summed E-state index contributed by atoms with van der Waals surface area (Å²) >= 11 is 0. The molecule has 0 atom stereocenters. The van der Waals surface area contributed by atoms with Crippen molar-refractivity contribution in [1.82, 2.24) is 0 Å². The lowest BCUT2D eigenvalue weighted by atomic mass is 9.89. The maximum absolute atomic E-state index is 5.64. The zero-order chi connectivity index (χ0) is 11.0. The Labute approximate surface area is 89.5 Å². The van der Waals surface area contributed by atoms with E-state index < -0.39 is 0 Å². The van der Waals surface area contributed by atoms with Crippen LogP contribution in [0.4, 0.5) is 0 Å². The maximum Gasteiger partial charge on any atom is 0.0520 e. The smallest absolute Gasteiger partial charge is 0.0520 e. The molecule has 0 heterocycles. The van der Waals surface area contributed by atoms with Crippen molar-refractivity contribution < 1.29 is 4.74 Å². The predicted octanol–water partition coefficient (Wildman–Crippen LogP) is 4.18. The van der Waals surface area contributed by atoms with Crippen molar-refractivity contribution in [1.29, 1.82) is 0 Å². The number of ether oxygens (including phenoxy) is 1. The normalized spacial score (nSPS) is 13.0. The summed E-state index contributed by atoms with van der Waals surface area (Å²) in [7, 11) is 0. The summed E-state index contributed by atoms with van der Waals surface area (Å²) in [6.45, 7) is 11.8. The van der Waals surface area contributed by atoms with Gasteiger partial charge in [0, 0.05) is 0 Å². The van der Waals surface area contributed by atoms with E-state index in [4.69, 9.17) is 4.74 Å².